The van der Waals surface area contributed by atoms with Crippen LogP contribution in [-0.4, -0.2) is 67.3 Å². The number of amides is 4. The van der Waals surface area contributed by atoms with Gasteiger partial charge in [0.1, 0.15) is 23.3 Å². The average molecular weight is 816 g/mol. The Kier molecular flexibility index (Phi) is 10.9. The molecule has 2 fully saturated rings. The van der Waals surface area contributed by atoms with E-state index in [1.54, 1.807) is 24.5 Å². The number of benzene rings is 4. The molecule has 3 aliphatic rings. The molecule has 9 rings (SSSR count). The van der Waals surface area contributed by atoms with Crippen molar-refractivity contribution in [3.8, 4) is 22.4 Å². The summed E-state index contributed by atoms with van der Waals surface area (Å²) in [6.07, 6.45) is 5.04. The van der Waals surface area contributed by atoms with E-state index in [9.17, 15) is 29.4 Å². The fourth-order valence-corrected chi connectivity index (χ4v) is 9.05. The van der Waals surface area contributed by atoms with Crippen LogP contribution in [0, 0.1) is 5.41 Å². The molecule has 2 aliphatic heterocycles. The van der Waals surface area contributed by atoms with Crippen LogP contribution in [0.25, 0.3) is 33.4 Å². The zero-order chi connectivity index (χ0) is 42.0. The Labute approximate surface area is 351 Å². The fourth-order valence-electron chi connectivity index (χ4n) is 9.05. The number of fused-ring (bicyclic) bond motifs is 2. The summed E-state index contributed by atoms with van der Waals surface area (Å²) >= 11 is 0. The number of hydrogen-bond acceptors (Lipinski definition) is 9. The maximum Gasteiger partial charge on any atom is 0.306 e. The van der Waals surface area contributed by atoms with Crippen molar-refractivity contribution in [1.82, 2.24) is 24.3 Å². The molecule has 308 valence electrons. The number of imide groups is 2. The van der Waals surface area contributed by atoms with Crippen molar-refractivity contribution in [3.05, 3.63) is 138 Å². The number of carbonyl (C=O) groups is 5. The number of nitrogens with zero attached hydrogens (tertiary/aromatic N) is 4. The van der Waals surface area contributed by atoms with Crippen LogP contribution >= 0.6 is 0 Å². The molecule has 13 heteroatoms. The third-order valence-corrected chi connectivity index (χ3v) is 12.0. The van der Waals surface area contributed by atoms with Crippen LogP contribution in [-0.2, 0) is 25.7 Å². The molecule has 61 heavy (non-hydrogen) atoms. The maximum absolute atomic E-state index is 13.4. The minimum absolute atomic E-state index is 0.0120. The van der Waals surface area contributed by atoms with Gasteiger partial charge in [0.15, 0.2) is 0 Å². The van der Waals surface area contributed by atoms with E-state index in [1.807, 2.05) is 59.2 Å². The highest BCUT2D eigenvalue weighted by Crippen LogP contribution is 2.40. The van der Waals surface area contributed by atoms with Crippen LogP contribution in [0.5, 0.6) is 0 Å². The first-order chi connectivity index (χ1) is 29.8. The van der Waals surface area contributed by atoms with E-state index < -0.39 is 29.7 Å². The minimum Gasteiger partial charge on any atom is -0.462 e. The number of anilines is 1. The third kappa shape index (κ3) is 7.63. The van der Waals surface area contributed by atoms with Crippen LogP contribution in [0.2, 0.25) is 0 Å². The number of ether oxygens (including phenoxy) is 1. The normalized spacial score (nSPS) is 18.9. The van der Waals surface area contributed by atoms with Gasteiger partial charge in [0.25, 0.3) is 11.8 Å². The van der Waals surface area contributed by atoms with Crippen molar-refractivity contribution in [1.29, 1.82) is 5.41 Å². The zero-order valence-electron chi connectivity index (χ0n) is 33.5. The predicted octanol–water partition coefficient (Wildman–Crippen LogP) is 7.02. The molecule has 1 saturated carbocycles. The number of aromatic nitrogens is 3. The lowest BCUT2D eigenvalue weighted by atomic mass is 9.92. The van der Waals surface area contributed by atoms with Gasteiger partial charge in [-0.2, -0.15) is 0 Å². The van der Waals surface area contributed by atoms with Gasteiger partial charge in [0.05, 0.1) is 28.5 Å². The monoisotopic (exact) mass is 815 g/mol. The molecule has 0 bridgehead atoms. The van der Waals surface area contributed by atoms with E-state index in [4.69, 9.17) is 9.72 Å². The van der Waals surface area contributed by atoms with Crippen molar-refractivity contribution in [2.75, 3.05) is 11.9 Å². The Balaban J connectivity index is 0.859. The van der Waals surface area contributed by atoms with Gasteiger partial charge in [-0.3, -0.25) is 39.6 Å². The first-order valence-electron chi connectivity index (χ1n) is 20.9. The van der Waals surface area contributed by atoms with Gasteiger partial charge in [-0.15, -0.1) is 0 Å². The van der Waals surface area contributed by atoms with Crippen LogP contribution in [0.3, 0.4) is 0 Å². The van der Waals surface area contributed by atoms with Gasteiger partial charge in [0.2, 0.25) is 11.8 Å². The number of esters is 1. The van der Waals surface area contributed by atoms with Gasteiger partial charge < -0.3 is 19.2 Å². The summed E-state index contributed by atoms with van der Waals surface area (Å²) in [5.41, 5.74) is 7.17. The molecule has 6 aromatic rings. The van der Waals surface area contributed by atoms with Crippen LogP contribution < -0.4 is 16.1 Å². The second-order valence-corrected chi connectivity index (χ2v) is 15.9. The van der Waals surface area contributed by atoms with E-state index in [1.165, 1.54) is 0 Å². The van der Waals surface area contributed by atoms with Crippen molar-refractivity contribution in [2.45, 2.75) is 76.1 Å². The van der Waals surface area contributed by atoms with E-state index in [2.05, 4.69) is 51.6 Å². The molecule has 1 unspecified atom stereocenters. The Morgan fingerprint density at radius 1 is 0.787 bits per heavy atom. The molecule has 13 nitrogen and oxygen atoms in total. The summed E-state index contributed by atoms with van der Waals surface area (Å²) < 4.78 is 10.2. The predicted molar refractivity (Wildman–Crippen MR) is 228 cm³/mol. The van der Waals surface area contributed by atoms with Gasteiger partial charge in [-0.1, -0.05) is 97.1 Å². The number of hydrogen-bond donors (Lipinski definition) is 3. The summed E-state index contributed by atoms with van der Waals surface area (Å²) in [4.78, 5) is 69.8. The summed E-state index contributed by atoms with van der Waals surface area (Å²) in [5, 5.41) is 15.9. The molecule has 4 heterocycles. The van der Waals surface area contributed by atoms with Crippen molar-refractivity contribution >= 4 is 46.3 Å². The lowest BCUT2D eigenvalue weighted by molar-refractivity contribution is -0.151. The fraction of sp³-hybridized carbons (Fsp3) is 0.271. The van der Waals surface area contributed by atoms with Crippen molar-refractivity contribution < 1.29 is 28.7 Å². The Bertz CT molecular complexity index is 2720. The first kappa shape index (κ1) is 39.3. The molecule has 1 aliphatic carbocycles. The second-order valence-electron chi connectivity index (χ2n) is 15.9. The van der Waals surface area contributed by atoms with Crippen LogP contribution in [0.1, 0.15) is 83.7 Å². The van der Waals surface area contributed by atoms with E-state index in [0.717, 1.165) is 56.7 Å². The topological polar surface area (TPSA) is 168 Å². The molecule has 0 radical (unpaired) electrons. The molecule has 1 saturated heterocycles. The lowest BCUT2D eigenvalue weighted by Gasteiger charge is -2.30. The largest absolute Gasteiger partial charge is 0.462 e. The molecular weight excluding hydrogens is 771 g/mol. The summed E-state index contributed by atoms with van der Waals surface area (Å²) in [6, 6.07) is 34.7. The number of carbonyl (C=O) groups excluding carboxylic acids is 5. The molecule has 1 atom stereocenters. The average Bonchev–Trinajstić information content (AvgIpc) is 3.74. The van der Waals surface area contributed by atoms with Crippen LogP contribution in [0.4, 0.5) is 5.69 Å². The highest BCUT2D eigenvalue weighted by molar-refractivity contribution is 6.25. The highest BCUT2D eigenvalue weighted by Gasteiger charge is 2.45. The Morgan fingerprint density at radius 2 is 1.48 bits per heavy atom. The number of nitrogens with one attached hydrogen (secondary N) is 3. The van der Waals surface area contributed by atoms with Crippen molar-refractivity contribution in [2.24, 2.45) is 0 Å². The van der Waals surface area contributed by atoms with Gasteiger partial charge in [-0.05, 0) is 67.3 Å². The minimum atomic E-state index is -1.05. The standard InChI is InChI=1S/C48H45N7O6/c49-44-42-40(31-14-6-2-7-15-31)43(32-16-8-3-9-17-32)53(28-30-12-4-1-5-13-30)45(42)51-29-54(44)33-21-23-34(24-22-33)61-39(57)20-11-27-50-36-19-10-18-35-41(36)48(60)55(47(35)59)37-25-26-38(56)52-46(37)58/h1-10,12-19,29,33-34,37,49-50H,11,20-28H2,(H,52,56,58)/t33-,34-,37?. The quantitative estimate of drug-likeness (QED) is 0.0673. The Hall–Kier alpha value is -7.15. The maximum atomic E-state index is 13.4. The van der Waals surface area contributed by atoms with E-state index >= 15 is 0 Å². The molecule has 0 spiro atoms. The number of rotatable bonds is 12. The van der Waals surface area contributed by atoms with Gasteiger partial charge >= 0.3 is 5.97 Å². The molecule has 3 N–H and O–H groups in total. The Morgan fingerprint density at radius 3 is 2.18 bits per heavy atom. The summed E-state index contributed by atoms with van der Waals surface area (Å²) in [7, 11) is 0. The van der Waals surface area contributed by atoms with E-state index in [0.29, 0.717) is 43.5 Å². The van der Waals surface area contributed by atoms with Crippen molar-refractivity contribution in [3.63, 3.8) is 0 Å². The molecular formula is C48H45N7O6. The molecule has 2 aromatic heterocycles. The molecule has 4 aromatic carbocycles. The van der Waals surface area contributed by atoms with Crippen LogP contribution in [0.15, 0.2) is 116 Å². The first-order valence-corrected chi connectivity index (χ1v) is 20.9. The highest BCUT2D eigenvalue weighted by atomic mass is 16.5. The van der Waals surface area contributed by atoms with Gasteiger partial charge in [-0.25, -0.2) is 4.98 Å². The molecule has 4 amide bonds. The smallest absolute Gasteiger partial charge is 0.306 e. The van der Waals surface area contributed by atoms with E-state index in [-0.39, 0.29) is 48.5 Å². The number of piperidine rings is 1. The lowest BCUT2D eigenvalue weighted by Crippen LogP contribution is -2.54. The van der Waals surface area contributed by atoms with Gasteiger partial charge in [0, 0.05) is 43.2 Å². The summed E-state index contributed by atoms with van der Waals surface area (Å²) in [6.45, 7) is 0.943. The third-order valence-electron chi connectivity index (χ3n) is 12.0. The summed E-state index contributed by atoms with van der Waals surface area (Å²) in [5.74, 6) is -2.56. The SMILES string of the molecule is N=c1c2c(-c3ccccc3)c(-c3ccccc3)n(Cc3ccccc3)c2ncn1[C@H]1CC[C@H](OC(=O)CCCNc2cccc3c2C(=O)N(C2CCC(=O)NC2=O)C3=O)CC1. The zero-order valence-corrected chi connectivity index (χ0v) is 33.5. The second kappa shape index (κ2) is 16.8.